The molecule has 2 aromatic carbocycles. The minimum Gasteiger partial charge on any atom is -0.377 e. The summed E-state index contributed by atoms with van der Waals surface area (Å²) in [4.78, 5) is 2.49. The third kappa shape index (κ3) is 2.75. The van der Waals surface area contributed by atoms with Gasteiger partial charge in [-0.2, -0.15) is 0 Å². The number of ether oxygens (including phenoxy) is 1. The number of benzene rings is 2. The van der Waals surface area contributed by atoms with Crippen LogP contribution in [0.25, 0.3) is 22.0 Å². The molecule has 25 heavy (non-hydrogen) atoms. The fourth-order valence-corrected chi connectivity index (χ4v) is 4.14. The van der Waals surface area contributed by atoms with Crippen LogP contribution in [0.4, 0.5) is 0 Å². The number of hydrogen-bond acceptors (Lipinski definition) is 4. The molecule has 0 bridgehead atoms. The maximum atomic E-state index is 5.82. The lowest BCUT2D eigenvalue weighted by atomic mass is 9.97. The highest BCUT2D eigenvalue weighted by molar-refractivity contribution is 5.96. The molecule has 1 aromatic heterocycles. The van der Waals surface area contributed by atoms with E-state index in [4.69, 9.17) is 9.26 Å². The van der Waals surface area contributed by atoms with E-state index in [1.54, 1.807) is 0 Å². The van der Waals surface area contributed by atoms with Gasteiger partial charge in [0.15, 0.2) is 0 Å². The van der Waals surface area contributed by atoms with Crippen LogP contribution in [0.5, 0.6) is 0 Å². The smallest absolute Gasteiger partial charge is 0.143 e. The molecule has 3 heterocycles. The lowest BCUT2D eigenvalue weighted by Crippen LogP contribution is -2.36. The van der Waals surface area contributed by atoms with Crippen LogP contribution in [0.2, 0.25) is 0 Å². The molecule has 1 saturated heterocycles. The SMILES string of the molecule is c1ccc2c(-c3noc4c3CN(CC3CCCO3)CC4)cccc2c1. The second kappa shape index (κ2) is 6.28. The van der Waals surface area contributed by atoms with E-state index >= 15 is 0 Å². The van der Waals surface area contributed by atoms with Gasteiger partial charge in [-0.3, -0.25) is 4.90 Å². The first-order chi connectivity index (χ1) is 12.4. The monoisotopic (exact) mass is 334 g/mol. The Bertz CT molecular complexity index is 891. The van der Waals surface area contributed by atoms with Crippen molar-refractivity contribution in [2.75, 3.05) is 19.7 Å². The zero-order valence-corrected chi connectivity index (χ0v) is 14.3. The maximum Gasteiger partial charge on any atom is 0.143 e. The topological polar surface area (TPSA) is 38.5 Å². The molecule has 1 fully saturated rings. The summed E-state index contributed by atoms with van der Waals surface area (Å²) in [5.41, 5.74) is 3.42. The maximum absolute atomic E-state index is 5.82. The third-order valence-electron chi connectivity index (χ3n) is 5.44. The Morgan fingerprint density at radius 3 is 2.96 bits per heavy atom. The molecule has 5 rings (SSSR count). The van der Waals surface area contributed by atoms with Crippen molar-refractivity contribution < 1.29 is 9.26 Å². The van der Waals surface area contributed by atoms with Crippen molar-refractivity contribution in [3.63, 3.8) is 0 Å². The fourth-order valence-electron chi connectivity index (χ4n) is 4.14. The van der Waals surface area contributed by atoms with Gasteiger partial charge in [-0.05, 0) is 23.6 Å². The molecule has 0 spiro atoms. The van der Waals surface area contributed by atoms with Crippen molar-refractivity contribution in [2.24, 2.45) is 0 Å². The minimum atomic E-state index is 0.391. The zero-order chi connectivity index (χ0) is 16.6. The molecule has 2 aliphatic rings. The van der Waals surface area contributed by atoms with Crippen molar-refractivity contribution in [1.82, 2.24) is 10.1 Å². The van der Waals surface area contributed by atoms with E-state index in [1.807, 2.05) is 0 Å². The zero-order valence-electron chi connectivity index (χ0n) is 14.3. The van der Waals surface area contributed by atoms with Gasteiger partial charge in [0, 0.05) is 43.8 Å². The molecular weight excluding hydrogens is 312 g/mol. The molecule has 0 radical (unpaired) electrons. The van der Waals surface area contributed by atoms with E-state index in [0.29, 0.717) is 6.10 Å². The van der Waals surface area contributed by atoms with Crippen molar-refractivity contribution in [3.05, 3.63) is 53.8 Å². The van der Waals surface area contributed by atoms with Crippen LogP contribution < -0.4 is 0 Å². The lowest BCUT2D eigenvalue weighted by Gasteiger charge is -2.28. The summed E-state index contributed by atoms with van der Waals surface area (Å²) in [6, 6.07) is 14.9. The number of nitrogens with zero attached hydrogens (tertiary/aromatic N) is 2. The molecule has 0 saturated carbocycles. The van der Waals surface area contributed by atoms with Crippen LogP contribution in [0.3, 0.4) is 0 Å². The van der Waals surface area contributed by atoms with Gasteiger partial charge in [0.2, 0.25) is 0 Å². The molecule has 4 nitrogen and oxygen atoms in total. The van der Waals surface area contributed by atoms with E-state index in [1.165, 1.54) is 34.7 Å². The first kappa shape index (κ1) is 15.1. The fraction of sp³-hybridized carbons (Fsp3) is 0.381. The molecule has 1 unspecified atom stereocenters. The average Bonchev–Trinajstić information content (AvgIpc) is 3.31. The Kier molecular flexibility index (Phi) is 3.80. The summed E-state index contributed by atoms with van der Waals surface area (Å²) >= 11 is 0. The van der Waals surface area contributed by atoms with Gasteiger partial charge >= 0.3 is 0 Å². The van der Waals surface area contributed by atoms with Crippen LogP contribution in [0.15, 0.2) is 47.0 Å². The van der Waals surface area contributed by atoms with Crippen LogP contribution in [0, 0.1) is 0 Å². The van der Waals surface area contributed by atoms with Crippen LogP contribution in [0.1, 0.15) is 24.2 Å². The molecular formula is C21H22N2O2. The summed E-state index contributed by atoms with van der Waals surface area (Å²) in [5, 5.41) is 6.92. The minimum absolute atomic E-state index is 0.391. The van der Waals surface area contributed by atoms with E-state index in [2.05, 4.69) is 52.5 Å². The molecule has 0 N–H and O–H groups in total. The van der Waals surface area contributed by atoms with E-state index in [9.17, 15) is 0 Å². The highest BCUT2D eigenvalue weighted by atomic mass is 16.5. The lowest BCUT2D eigenvalue weighted by molar-refractivity contribution is 0.0676. The summed E-state index contributed by atoms with van der Waals surface area (Å²) < 4.78 is 11.5. The van der Waals surface area contributed by atoms with Crippen LogP contribution in [-0.2, 0) is 17.7 Å². The highest BCUT2D eigenvalue weighted by Crippen LogP contribution is 2.34. The average molecular weight is 334 g/mol. The van der Waals surface area contributed by atoms with Gasteiger partial charge < -0.3 is 9.26 Å². The Labute approximate surface area is 147 Å². The van der Waals surface area contributed by atoms with Crippen molar-refractivity contribution >= 4 is 10.8 Å². The van der Waals surface area contributed by atoms with E-state index in [0.717, 1.165) is 44.1 Å². The van der Waals surface area contributed by atoms with E-state index in [-0.39, 0.29) is 0 Å². The largest absolute Gasteiger partial charge is 0.377 e. The number of fused-ring (bicyclic) bond motifs is 2. The Morgan fingerprint density at radius 2 is 2.04 bits per heavy atom. The Morgan fingerprint density at radius 1 is 1.12 bits per heavy atom. The Hall–Kier alpha value is -2.17. The van der Waals surface area contributed by atoms with Gasteiger partial charge in [0.25, 0.3) is 0 Å². The summed E-state index contributed by atoms with van der Waals surface area (Å²) in [7, 11) is 0. The third-order valence-corrected chi connectivity index (χ3v) is 5.44. The molecule has 4 heteroatoms. The number of aromatic nitrogens is 1. The molecule has 0 aliphatic carbocycles. The van der Waals surface area contributed by atoms with Gasteiger partial charge in [-0.15, -0.1) is 0 Å². The van der Waals surface area contributed by atoms with Gasteiger partial charge in [0.1, 0.15) is 11.5 Å². The quantitative estimate of drug-likeness (QED) is 0.725. The standard InChI is InChI=1S/C21H22N2O2/c1-2-8-17-15(5-1)6-3-9-18(17)21-19-14-23(11-10-20(19)25-22-21)13-16-7-4-12-24-16/h1-3,5-6,8-9,16H,4,7,10-14H2. The second-order valence-corrected chi connectivity index (χ2v) is 7.08. The van der Waals surface area contributed by atoms with Crippen LogP contribution in [-0.4, -0.2) is 35.9 Å². The van der Waals surface area contributed by atoms with Gasteiger partial charge in [0.05, 0.1) is 6.10 Å². The summed E-state index contributed by atoms with van der Waals surface area (Å²) in [6.07, 6.45) is 3.70. The van der Waals surface area contributed by atoms with E-state index < -0.39 is 0 Å². The molecule has 1 atom stereocenters. The molecule has 3 aromatic rings. The van der Waals surface area contributed by atoms with Crippen molar-refractivity contribution in [2.45, 2.75) is 31.9 Å². The molecule has 128 valence electrons. The normalized spacial score (nSPS) is 20.9. The van der Waals surface area contributed by atoms with Crippen molar-refractivity contribution in [3.8, 4) is 11.3 Å². The number of hydrogen-bond donors (Lipinski definition) is 0. The first-order valence-electron chi connectivity index (χ1n) is 9.18. The predicted octanol–water partition coefficient (Wildman–Crippen LogP) is 4.03. The molecule has 2 aliphatic heterocycles. The second-order valence-electron chi connectivity index (χ2n) is 7.08. The Balaban J connectivity index is 1.49. The van der Waals surface area contributed by atoms with Crippen LogP contribution >= 0.6 is 0 Å². The first-order valence-corrected chi connectivity index (χ1v) is 9.18. The van der Waals surface area contributed by atoms with Gasteiger partial charge in [-0.25, -0.2) is 0 Å². The van der Waals surface area contributed by atoms with Crippen molar-refractivity contribution in [1.29, 1.82) is 0 Å². The summed E-state index contributed by atoms with van der Waals surface area (Å²) in [5.74, 6) is 1.05. The summed E-state index contributed by atoms with van der Waals surface area (Å²) in [6.45, 7) is 3.85. The highest BCUT2D eigenvalue weighted by Gasteiger charge is 2.28. The predicted molar refractivity (Wildman–Crippen MR) is 97.4 cm³/mol. The molecule has 0 amide bonds. The van der Waals surface area contributed by atoms with Gasteiger partial charge in [-0.1, -0.05) is 47.6 Å². The number of rotatable bonds is 3.